The van der Waals surface area contributed by atoms with Gasteiger partial charge >= 0.3 is 0 Å². The Morgan fingerprint density at radius 2 is 2.16 bits per heavy atom. The van der Waals surface area contributed by atoms with Crippen LogP contribution in [-0.2, 0) is 6.54 Å². The van der Waals surface area contributed by atoms with Gasteiger partial charge in [0.25, 0.3) is 0 Å². The number of nitrogens with one attached hydrogen (secondary N) is 1. The second-order valence-corrected chi connectivity index (χ2v) is 4.44. The highest BCUT2D eigenvalue weighted by atomic mass is 35.5. The van der Waals surface area contributed by atoms with E-state index in [1.165, 1.54) is 0 Å². The number of nitrogens with zero attached hydrogens (tertiary/aromatic N) is 1. The van der Waals surface area contributed by atoms with E-state index >= 15 is 0 Å². The van der Waals surface area contributed by atoms with Crippen molar-refractivity contribution < 1.29 is 4.74 Å². The van der Waals surface area contributed by atoms with Gasteiger partial charge in [0.2, 0.25) is 5.88 Å². The first-order valence-corrected chi connectivity index (χ1v) is 6.44. The molecule has 0 saturated carbocycles. The van der Waals surface area contributed by atoms with Crippen molar-refractivity contribution in [3.8, 4) is 5.88 Å². The van der Waals surface area contributed by atoms with Crippen LogP contribution in [0.5, 0.6) is 5.88 Å². The van der Waals surface area contributed by atoms with Gasteiger partial charge in [-0.1, -0.05) is 23.7 Å². The summed E-state index contributed by atoms with van der Waals surface area (Å²) in [7, 11) is 0. The second kappa shape index (κ2) is 6.29. The third kappa shape index (κ3) is 3.76. The van der Waals surface area contributed by atoms with Gasteiger partial charge in [0.1, 0.15) is 5.82 Å². The largest absolute Gasteiger partial charge is 0.476 e. The van der Waals surface area contributed by atoms with E-state index in [-0.39, 0.29) is 0 Å². The van der Waals surface area contributed by atoms with Crippen LogP contribution in [0.2, 0.25) is 5.02 Å². The molecule has 0 atom stereocenters. The molecule has 100 valence electrons. The smallest absolute Gasteiger partial charge is 0.239 e. The molecular formula is C14H16ClN3O. The Bertz CT molecular complexity index is 560. The number of nitrogen functional groups attached to an aromatic ring is 1. The average molecular weight is 278 g/mol. The number of ether oxygens (including phenoxy) is 1. The van der Waals surface area contributed by atoms with E-state index in [9.17, 15) is 0 Å². The quantitative estimate of drug-likeness (QED) is 0.880. The molecule has 3 N–H and O–H groups in total. The van der Waals surface area contributed by atoms with Crippen molar-refractivity contribution in [1.82, 2.24) is 4.98 Å². The Balaban J connectivity index is 2.05. The lowest BCUT2D eigenvalue weighted by Gasteiger charge is -2.10. The maximum Gasteiger partial charge on any atom is 0.239 e. The number of aromatic nitrogens is 1. The SMILES string of the molecule is CCOc1nc(NCc2cccc(Cl)c2)ccc1N. The number of anilines is 2. The maximum atomic E-state index is 5.93. The molecule has 4 nitrogen and oxygen atoms in total. The summed E-state index contributed by atoms with van der Waals surface area (Å²) < 4.78 is 5.35. The molecule has 2 rings (SSSR count). The van der Waals surface area contributed by atoms with E-state index in [1.54, 1.807) is 6.07 Å². The van der Waals surface area contributed by atoms with Crippen LogP contribution in [0.25, 0.3) is 0 Å². The van der Waals surface area contributed by atoms with E-state index in [0.717, 1.165) is 16.4 Å². The number of pyridine rings is 1. The highest BCUT2D eigenvalue weighted by molar-refractivity contribution is 6.30. The van der Waals surface area contributed by atoms with Crippen LogP contribution in [0.3, 0.4) is 0 Å². The predicted octanol–water partition coefficient (Wildman–Crippen LogP) is 3.33. The zero-order valence-corrected chi connectivity index (χ0v) is 11.4. The van der Waals surface area contributed by atoms with Gasteiger partial charge in [-0.05, 0) is 36.8 Å². The average Bonchev–Trinajstić information content (AvgIpc) is 2.40. The summed E-state index contributed by atoms with van der Waals surface area (Å²) in [5.74, 6) is 1.18. The molecule has 0 radical (unpaired) electrons. The van der Waals surface area contributed by atoms with E-state index < -0.39 is 0 Å². The van der Waals surface area contributed by atoms with Crippen molar-refractivity contribution in [2.75, 3.05) is 17.7 Å². The van der Waals surface area contributed by atoms with Crippen molar-refractivity contribution >= 4 is 23.1 Å². The van der Waals surface area contributed by atoms with E-state index in [0.29, 0.717) is 24.7 Å². The highest BCUT2D eigenvalue weighted by Crippen LogP contribution is 2.21. The fourth-order valence-corrected chi connectivity index (χ4v) is 1.85. The minimum atomic E-state index is 0.457. The van der Waals surface area contributed by atoms with Crippen LogP contribution in [-0.4, -0.2) is 11.6 Å². The third-order valence-electron chi connectivity index (χ3n) is 2.53. The molecule has 19 heavy (non-hydrogen) atoms. The van der Waals surface area contributed by atoms with E-state index in [1.807, 2.05) is 37.3 Å². The lowest BCUT2D eigenvalue weighted by Crippen LogP contribution is -2.05. The molecule has 0 saturated heterocycles. The van der Waals surface area contributed by atoms with Crippen molar-refractivity contribution in [3.05, 3.63) is 47.0 Å². The van der Waals surface area contributed by atoms with Gasteiger partial charge in [-0.2, -0.15) is 4.98 Å². The Kier molecular flexibility index (Phi) is 4.47. The second-order valence-electron chi connectivity index (χ2n) is 4.01. The standard InChI is InChI=1S/C14H16ClN3O/c1-2-19-14-12(16)6-7-13(18-14)17-9-10-4-3-5-11(15)8-10/h3-8H,2,9,16H2,1H3,(H,17,18). The molecular weight excluding hydrogens is 262 g/mol. The third-order valence-corrected chi connectivity index (χ3v) is 2.77. The Labute approximate surface area is 117 Å². The summed E-state index contributed by atoms with van der Waals surface area (Å²) in [6.45, 7) is 3.07. The highest BCUT2D eigenvalue weighted by Gasteiger charge is 2.03. The topological polar surface area (TPSA) is 60.2 Å². The van der Waals surface area contributed by atoms with Gasteiger partial charge in [-0.15, -0.1) is 0 Å². The van der Waals surface area contributed by atoms with Gasteiger partial charge in [-0.3, -0.25) is 0 Å². The first-order chi connectivity index (χ1) is 9.19. The van der Waals surface area contributed by atoms with Crippen LogP contribution in [0.1, 0.15) is 12.5 Å². The molecule has 0 aliphatic rings. The molecule has 0 bridgehead atoms. The van der Waals surface area contributed by atoms with Crippen molar-refractivity contribution in [1.29, 1.82) is 0 Å². The fourth-order valence-electron chi connectivity index (χ4n) is 1.64. The minimum Gasteiger partial charge on any atom is -0.476 e. The molecule has 1 aromatic heterocycles. The summed E-state index contributed by atoms with van der Waals surface area (Å²) in [4.78, 5) is 4.31. The Morgan fingerprint density at radius 1 is 1.32 bits per heavy atom. The first-order valence-electron chi connectivity index (χ1n) is 6.06. The molecule has 0 fully saturated rings. The molecule has 1 heterocycles. The molecule has 2 aromatic rings. The molecule has 0 aliphatic heterocycles. The molecule has 0 spiro atoms. The zero-order valence-electron chi connectivity index (χ0n) is 10.7. The van der Waals surface area contributed by atoms with Crippen LogP contribution in [0.4, 0.5) is 11.5 Å². The molecule has 0 unspecified atom stereocenters. The minimum absolute atomic E-state index is 0.457. The summed E-state index contributed by atoms with van der Waals surface area (Å²) >= 11 is 5.93. The van der Waals surface area contributed by atoms with Crippen molar-refractivity contribution in [2.45, 2.75) is 13.5 Å². The van der Waals surface area contributed by atoms with Gasteiger partial charge in [0.15, 0.2) is 0 Å². The Morgan fingerprint density at radius 3 is 2.89 bits per heavy atom. The normalized spacial score (nSPS) is 10.2. The number of hydrogen-bond acceptors (Lipinski definition) is 4. The molecule has 0 amide bonds. The van der Waals surface area contributed by atoms with Crippen molar-refractivity contribution in [3.63, 3.8) is 0 Å². The number of benzene rings is 1. The fraction of sp³-hybridized carbons (Fsp3) is 0.214. The van der Waals surface area contributed by atoms with Crippen LogP contribution in [0.15, 0.2) is 36.4 Å². The zero-order chi connectivity index (χ0) is 13.7. The number of halogens is 1. The van der Waals surface area contributed by atoms with Crippen LogP contribution >= 0.6 is 11.6 Å². The summed E-state index contributed by atoms with van der Waals surface area (Å²) in [6, 6.07) is 11.3. The summed E-state index contributed by atoms with van der Waals surface area (Å²) in [5, 5.41) is 3.93. The predicted molar refractivity (Wildman–Crippen MR) is 78.6 cm³/mol. The number of hydrogen-bond donors (Lipinski definition) is 2. The van der Waals surface area contributed by atoms with Gasteiger partial charge < -0.3 is 15.8 Å². The van der Waals surface area contributed by atoms with Gasteiger partial charge in [0.05, 0.1) is 12.3 Å². The van der Waals surface area contributed by atoms with Gasteiger partial charge in [0, 0.05) is 11.6 Å². The molecule has 0 aliphatic carbocycles. The Hall–Kier alpha value is -1.94. The van der Waals surface area contributed by atoms with Crippen LogP contribution < -0.4 is 15.8 Å². The van der Waals surface area contributed by atoms with Crippen LogP contribution in [0, 0.1) is 0 Å². The first kappa shape index (κ1) is 13.5. The number of nitrogens with two attached hydrogens (primary N) is 1. The lowest BCUT2D eigenvalue weighted by atomic mass is 10.2. The molecule has 1 aromatic carbocycles. The lowest BCUT2D eigenvalue weighted by molar-refractivity contribution is 0.329. The van der Waals surface area contributed by atoms with Crippen molar-refractivity contribution in [2.24, 2.45) is 0 Å². The number of rotatable bonds is 5. The summed E-state index contributed by atoms with van der Waals surface area (Å²) in [6.07, 6.45) is 0. The monoisotopic (exact) mass is 277 g/mol. The van der Waals surface area contributed by atoms with E-state index in [4.69, 9.17) is 22.1 Å². The molecule has 5 heteroatoms. The van der Waals surface area contributed by atoms with E-state index in [2.05, 4.69) is 10.3 Å². The maximum absolute atomic E-state index is 5.93. The summed E-state index contributed by atoms with van der Waals surface area (Å²) in [5.41, 5.74) is 7.39. The van der Waals surface area contributed by atoms with Gasteiger partial charge in [-0.25, -0.2) is 0 Å².